The number of hydrogen-bond acceptors (Lipinski definition) is 6. The van der Waals surface area contributed by atoms with Gasteiger partial charge in [0.1, 0.15) is 17.9 Å². The number of carbonyl (C=O) groups excluding carboxylic acids is 2. The van der Waals surface area contributed by atoms with Crippen molar-refractivity contribution in [2.75, 3.05) is 19.9 Å². The maximum atomic E-state index is 13.6. The molecule has 1 fully saturated rings. The van der Waals surface area contributed by atoms with Gasteiger partial charge >= 0.3 is 18.4 Å². The number of hydrogen-bond donors (Lipinski definition) is 2. The first-order valence-corrected chi connectivity index (χ1v) is 14.5. The molecule has 246 valence electrons. The van der Waals surface area contributed by atoms with E-state index in [9.17, 15) is 41.0 Å². The summed E-state index contributed by atoms with van der Waals surface area (Å²) >= 11 is 0. The minimum atomic E-state index is -6.01. The van der Waals surface area contributed by atoms with E-state index in [2.05, 4.69) is 5.32 Å². The minimum Gasteiger partial charge on any atom is -0.489 e. The Morgan fingerprint density at radius 1 is 0.933 bits per heavy atom. The summed E-state index contributed by atoms with van der Waals surface area (Å²) in [7, 11) is 0. The van der Waals surface area contributed by atoms with Crippen LogP contribution >= 0.6 is 0 Å². The van der Waals surface area contributed by atoms with E-state index in [0.29, 0.717) is 42.0 Å². The third-order valence-electron chi connectivity index (χ3n) is 7.87. The van der Waals surface area contributed by atoms with Gasteiger partial charge in [0.25, 0.3) is 11.5 Å². The lowest BCUT2D eigenvalue weighted by atomic mass is 9.87. The topological polar surface area (TPSA) is 97.3 Å². The van der Waals surface area contributed by atoms with Gasteiger partial charge in [-0.05, 0) is 66.3 Å². The summed E-state index contributed by atoms with van der Waals surface area (Å²) in [5.74, 6) is 0.628. The van der Waals surface area contributed by atoms with E-state index in [1.807, 2.05) is 0 Å². The molecule has 1 atom stereocenters. The van der Waals surface area contributed by atoms with Gasteiger partial charge in [0.15, 0.2) is 11.5 Å². The van der Waals surface area contributed by atoms with Gasteiger partial charge in [-0.3, -0.25) is 9.69 Å². The Kier molecular flexibility index (Phi) is 9.67. The predicted octanol–water partition coefficient (Wildman–Crippen LogP) is 6.42. The quantitative estimate of drug-likeness (QED) is 0.157. The molecule has 0 bridgehead atoms. The van der Waals surface area contributed by atoms with Crippen molar-refractivity contribution in [2.45, 2.75) is 76.4 Å². The minimum absolute atomic E-state index is 0.0462. The number of nitrogens with zero attached hydrogens (tertiary/aromatic N) is 1. The second-order valence-electron chi connectivity index (χ2n) is 10.8. The number of urea groups is 1. The molecular weight excluding hydrogens is 610 g/mol. The van der Waals surface area contributed by atoms with Crippen molar-refractivity contribution in [1.82, 2.24) is 10.2 Å². The summed E-state index contributed by atoms with van der Waals surface area (Å²) in [6.07, 6.45) is -7.82. The number of rotatable bonds is 12. The Morgan fingerprint density at radius 3 is 2.09 bits per heavy atom. The van der Waals surface area contributed by atoms with Crippen LogP contribution in [0.5, 0.6) is 17.2 Å². The summed E-state index contributed by atoms with van der Waals surface area (Å²) in [6.45, 7) is 4.94. The summed E-state index contributed by atoms with van der Waals surface area (Å²) in [4.78, 5) is 27.3. The number of halogens is 6. The molecular formula is C31H34F6N2O6. The number of nitrogens with one attached hydrogen (secondary N) is 1. The third-order valence-corrected chi connectivity index (χ3v) is 7.87. The highest BCUT2D eigenvalue weighted by Gasteiger charge is 2.71. The lowest BCUT2D eigenvalue weighted by molar-refractivity contribution is -0.376. The second kappa shape index (κ2) is 12.8. The molecule has 2 aliphatic heterocycles. The molecule has 2 aliphatic rings. The van der Waals surface area contributed by atoms with Crippen LogP contribution in [0.2, 0.25) is 0 Å². The summed E-state index contributed by atoms with van der Waals surface area (Å²) in [5, 5.41) is 12.8. The zero-order valence-corrected chi connectivity index (χ0v) is 24.9. The Labute approximate surface area is 255 Å². The summed E-state index contributed by atoms with van der Waals surface area (Å²) < 4.78 is 98.4. The normalized spacial score (nSPS) is 18.7. The molecule has 2 aromatic rings. The highest BCUT2D eigenvalue weighted by atomic mass is 19.4. The van der Waals surface area contributed by atoms with Crippen molar-refractivity contribution < 1.29 is 55.2 Å². The van der Waals surface area contributed by atoms with Crippen molar-refractivity contribution in [3.8, 4) is 17.2 Å². The number of alkyl halides is 6. The van der Waals surface area contributed by atoms with Crippen LogP contribution in [0.25, 0.3) is 0 Å². The van der Waals surface area contributed by atoms with Crippen LogP contribution in [0.3, 0.4) is 0 Å². The maximum absolute atomic E-state index is 13.6. The second-order valence-corrected chi connectivity index (χ2v) is 10.8. The monoisotopic (exact) mass is 644 g/mol. The summed E-state index contributed by atoms with van der Waals surface area (Å²) in [5.41, 5.74) is -6.99. The first-order valence-electron chi connectivity index (χ1n) is 14.5. The van der Waals surface area contributed by atoms with Crippen LogP contribution in [-0.2, 0) is 28.8 Å². The van der Waals surface area contributed by atoms with E-state index in [0.717, 1.165) is 4.90 Å². The van der Waals surface area contributed by atoms with Crippen LogP contribution in [0.1, 0.15) is 62.3 Å². The van der Waals surface area contributed by atoms with Crippen LogP contribution in [-0.4, -0.2) is 54.2 Å². The fourth-order valence-electron chi connectivity index (χ4n) is 5.52. The number of benzene rings is 2. The molecule has 0 spiro atoms. The lowest BCUT2D eigenvalue weighted by Crippen LogP contribution is -2.54. The van der Waals surface area contributed by atoms with Gasteiger partial charge in [0.2, 0.25) is 6.79 Å². The fraction of sp³-hybridized carbons (Fsp3) is 0.484. The average molecular weight is 645 g/mol. The Hall–Kier alpha value is -3.94. The molecule has 0 aliphatic carbocycles. The van der Waals surface area contributed by atoms with Gasteiger partial charge in [0, 0.05) is 12.1 Å². The lowest BCUT2D eigenvalue weighted by Gasteiger charge is -2.33. The van der Waals surface area contributed by atoms with Crippen LogP contribution in [0.15, 0.2) is 42.5 Å². The number of carbonyl (C=O) groups is 2. The van der Waals surface area contributed by atoms with E-state index in [-0.39, 0.29) is 56.1 Å². The molecule has 4 rings (SSSR count). The first kappa shape index (κ1) is 33.9. The first-order chi connectivity index (χ1) is 21.1. The molecule has 8 nitrogen and oxygen atoms in total. The van der Waals surface area contributed by atoms with E-state index in [1.54, 1.807) is 39.0 Å². The van der Waals surface area contributed by atoms with Crippen molar-refractivity contribution in [1.29, 1.82) is 0 Å². The standard InChI is InChI=1S/C31H34F6N2O6/c1-4-9-19-15-22(29(42,30(32,33)34)31(35,36)37)16-20(10-5-2)25(19)43-14-8-7-13-39-26(40)28(6-3,38-27(39)41)21-11-12-23-24(17-21)45-18-44-23/h7-8,11-12,15-17,42H,4-6,9-10,13-14,18H2,1-3H3,(H,38,41). The highest BCUT2D eigenvalue weighted by molar-refractivity contribution is 6.07. The average Bonchev–Trinajstić information content (AvgIpc) is 3.54. The Bertz CT molecular complexity index is 1420. The van der Waals surface area contributed by atoms with Gasteiger partial charge in [-0.15, -0.1) is 0 Å². The molecule has 0 saturated carbocycles. The zero-order chi connectivity index (χ0) is 33.2. The van der Waals surface area contributed by atoms with E-state index in [1.165, 1.54) is 12.2 Å². The van der Waals surface area contributed by atoms with E-state index in [4.69, 9.17) is 14.2 Å². The van der Waals surface area contributed by atoms with Crippen molar-refractivity contribution in [3.05, 3.63) is 64.7 Å². The van der Waals surface area contributed by atoms with Gasteiger partial charge in [-0.1, -0.05) is 45.8 Å². The number of imide groups is 1. The molecule has 14 heteroatoms. The van der Waals surface area contributed by atoms with Gasteiger partial charge in [0.05, 0.1) is 0 Å². The van der Waals surface area contributed by atoms with E-state index < -0.39 is 41.0 Å². The SMILES string of the molecule is CCCc1cc(C(O)(C(F)(F)F)C(F)(F)F)cc(CCC)c1OCC=CCN1C(=O)NC(CC)(c2ccc3c(c2)OCO3)C1=O. The molecule has 2 heterocycles. The van der Waals surface area contributed by atoms with Gasteiger partial charge in [-0.25, -0.2) is 4.79 Å². The molecule has 45 heavy (non-hydrogen) atoms. The molecule has 3 amide bonds. The number of aryl methyl sites for hydroxylation is 2. The Morgan fingerprint density at radius 2 is 1.53 bits per heavy atom. The van der Waals surface area contributed by atoms with Gasteiger partial charge < -0.3 is 24.6 Å². The molecule has 1 saturated heterocycles. The highest BCUT2D eigenvalue weighted by Crippen LogP contribution is 2.51. The third kappa shape index (κ3) is 6.16. The number of aliphatic hydroxyl groups is 1. The zero-order valence-electron chi connectivity index (χ0n) is 24.9. The van der Waals surface area contributed by atoms with Crippen molar-refractivity contribution in [3.63, 3.8) is 0 Å². The van der Waals surface area contributed by atoms with Crippen LogP contribution < -0.4 is 19.5 Å². The number of fused-ring (bicyclic) bond motifs is 1. The molecule has 0 radical (unpaired) electrons. The number of ether oxygens (including phenoxy) is 3. The Balaban J connectivity index is 1.53. The van der Waals surface area contributed by atoms with Crippen molar-refractivity contribution >= 4 is 11.9 Å². The molecule has 1 unspecified atom stereocenters. The smallest absolute Gasteiger partial charge is 0.430 e. The number of amides is 3. The predicted molar refractivity (Wildman–Crippen MR) is 150 cm³/mol. The molecule has 2 N–H and O–H groups in total. The molecule has 2 aromatic carbocycles. The maximum Gasteiger partial charge on any atom is 0.430 e. The summed E-state index contributed by atoms with van der Waals surface area (Å²) in [6, 6.07) is 5.76. The van der Waals surface area contributed by atoms with Gasteiger partial charge in [-0.2, -0.15) is 26.3 Å². The van der Waals surface area contributed by atoms with Crippen molar-refractivity contribution in [2.24, 2.45) is 0 Å². The van der Waals surface area contributed by atoms with Crippen LogP contribution in [0, 0.1) is 0 Å². The van der Waals surface area contributed by atoms with E-state index >= 15 is 0 Å². The largest absolute Gasteiger partial charge is 0.489 e. The van der Waals surface area contributed by atoms with Crippen LogP contribution in [0.4, 0.5) is 31.1 Å². The molecule has 0 aromatic heterocycles. The fourth-order valence-corrected chi connectivity index (χ4v) is 5.52.